The fraction of sp³-hybridized carbons (Fsp3) is 0.179. The summed E-state index contributed by atoms with van der Waals surface area (Å²) < 4.78 is 0. The van der Waals surface area contributed by atoms with Crippen LogP contribution in [0.2, 0.25) is 0 Å². The molecule has 4 nitrogen and oxygen atoms in total. The van der Waals surface area contributed by atoms with E-state index in [0.717, 1.165) is 22.4 Å². The van der Waals surface area contributed by atoms with Crippen LogP contribution in [0, 0.1) is 18.3 Å². The largest absolute Gasteiger partial charge is 0.283 e. The molecule has 0 unspecified atom stereocenters. The molecular weight excluding hydrogens is 426 g/mol. The molecular formula is C28H25N3OS. The third-order valence-corrected chi connectivity index (χ3v) is 6.49. The van der Waals surface area contributed by atoms with E-state index >= 15 is 0 Å². The average molecular weight is 452 g/mol. The molecule has 1 amide bonds. The van der Waals surface area contributed by atoms with Gasteiger partial charge in [0.2, 0.25) is 0 Å². The highest BCUT2D eigenvalue weighted by Gasteiger charge is 2.32. The molecule has 0 aromatic heterocycles. The monoisotopic (exact) mass is 451 g/mol. The smallest absolute Gasteiger partial charge is 0.266 e. The summed E-state index contributed by atoms with van der Waals surface area (Å²) in [5, 5.41) is 9.66. The number of benzene rings is 3. The minimum atomic E-state index is -0.130. The van der Waals surface area contributed by atoms with Gasteiger partial charge >= 0.3 is 0 Å². The first-order chi connectivity index (χ1) is 15.9. The number of amides is 1. The van der Waals surface area contributed by atoms with Crippen LogP contribution in [0.3, 0.4) is 0 Å². The number of nitriles is 1. The first-order valence-corrected chi connectivity index (χ1v) is 11.9. The van der Waals surface area contributed by atoms with Crippen molar-refractivity contribution in [1.82, 2.24) is 0 Å². The quantitative estimate of drug-likeness (QED) is 0.407. The highest BCUT2D eigenvalue weighted by Crippen LogP contribution is 2.31. The van der Waals surface area contributed by atoms with E-state index < -0.39 is 0 Å². The van der Waals surface area contributed by atoms with E-state index in [1.54, 1.807) is 17.0 Å². The van der Waals surface area contributed by atoms with Crippen LogP contribution in [0.15, 0.2) is 83.5 Å². The molecule has 3 aromatic rings. The van der Waals surface area contributed by atoms with Crippen molar-refractivity contribution in [2.75, 3.05) is 4.90 Å². The number of rotatable bonds is 5. The molecule has 1 aliphatic rings. The Labute approximate surface area is 199 Å². The number of carbonyl (C=O) groups is 1. The first-order valence-electron chi connectivity index (χ1n) is 10.9. The number of amidine groups is 1. The summed E-state index contributed by atoms with van der Waals surface area (Å²) in [6.07, 6.45) is 1.85. The number of anilines is 1. The Balaban J connectivity index is 1.63. The maximum absolute atomic E-state index is 13.4. The molecule has 0 radical (unpaired) electrons. The van der Waals surface area contributed by atoms with Crippen molar-refractivity contribution in [3.63, 3.8) is 0 Å². The van der Waals surface area contributed by atoms with Gasteiger partial charge in [-0.3, -0.25) is 9.69 Å². The first kappa shape index (κ1) is 22.6. The molecule has 0 saturated heterocycles. The van der Waals surface area contributed by atoms with Crippen LogP contribution in [-0.4, -0.2) is 11.1 Å². The molecule has 0 aliphatic carbocycles. The van der Waals surface area contributed by atoms with Crippen molar-refractivity contribution >= 4 is 34.6 Å². The van der Waals surface area contributed by atoms with Crippen molar-refractivity contribution in [3.05, 3.63) is 106 Å². The topological polar surface area (TPSA) is 56.5 Å². The SMILES string of the molecule is Cc1ccc(N2C(=O)C(=Cc3ccc(C(C)C)cc3)N=C2SCc2ccc(C#N)cc2)cc1. The van der Waals surface area contributed by atoms with Crippen molar-refractivity contribution in [1.29, 1.82) is 5.26 Å². The van der Waals surface area contributed by atoms with E-state index in [4.69, 9.17) is 10.3 Å². The van der Waals surface area contributed by atoms with Crippen LogP contribution in [0.25, 0.3) is 6.08 Å². The number of hydrogen-bond donors (Lipinski definition) is 0. The second kappa shape index (κ2) is 9.89. The molecule has 0 N–H and O–H groups in total. The molecule has 0 spiro atoms. The fourth-order valence-corrected chi connectivity index (χ4v) is 4.44. The van der Waals surface area contributed by atoms with Gasteiger partial charge in [0, 0.05) is 5.75 Å². The van der Waals surface area contributed by atoms with Crippen molar-refractivity contribution < 1.29 is 4.79 Å². The summed E-state index contributed by atoms with van der Waals surface area (Å²) in [5.41, 5.74) is 6.28. The normalized spacial score (nSPS) is 14.6. The van der Waals surface area contributed by atoms with Crippen LogP contribution in [0.4, 0.5) is 5.69 Å². The Hall–Kier alpha value is -3.62. The van der Waals surface area contributed by atoms with Crippen LogP contribution in [0.5, 0.6) is 0 Å². The van der Waals surface area contributed by atoms with Crippen molar-refractivity contribution in [3.8, 4) is 6.07 Å². The Morgan fingerprint density at radius 1 is 1.00 bits per heavy atom. The summed E-state index contributed by atoms with van der Waals surface area (Å²) in [5.74, 6) is 0.977. The molecule has 4 rings (SSSR count). The minimum absolute atomic E-state index is 0.130. The number of hydrogen-bond acceptors (Lipinski definition) is 4. The predicted octanol–water partition coefficient (Wildman–Crippen LogP) is 6.67. The molecule has 0 atom stereocenters. The lowest BCUT2D eigenvalue weighted by Crippen LogP contribution is -2.30. The van der Waals surface area contributed by atoms with Crippen LogP contribution < -0.4 is 4.90 Å². The van der Waals surface area contributed by atoms with Gasteiger partial charge in [-0.25, -0.2) is 4.99 Å². The predicted molar refractivity (Wildman–Crippen MR) is 137 cm³/mol. The van der Waals surface area contributed by atoms with Crippen LogP contribution in [0.1, 0.15) is 47.6 Å². The number of aliphatic imine (C=N–C) groups is 1. The zero-order valence-corrected chi connectivity index (χ0v) is 19.8. The standard InChI is InChI=1S/C28H25N3OS/c1-19(2)24-12-10-21(11-13-24)16-26-27(32)31(25-14-4-20(3)5-15-25)28(30-26)33-18-23-8-6-22(17-29)7-9-23/h4-16,19H,18H2,1-3H3. The molecule has 33 heavy (non-hydrogen) atoms. The van der Waals surface area contributed by atoms with Gasteiger partial charge in [-0.1, -0.05) is 79.7 Å². The third kappa shape index (κ3) is 5.24. The maximum Gasteiger partial charge on any atom is 0.283 e. The fourth-order valence-electron chi connectivity index (χ4n) is 3.47. The lowest BCUT2D eigenvalue weighted by Gasteiger charge is -2.18. The zero-order valence-electron chi connectivity index (χ0n) is 18.9. The van der Waals surface area contributed by atoms with Gasteiger partial charge in [0.1, 0.15) is 5.70 Å². The van der Waals surface area contributed by atoms with Gasteiger partial charge in [0.15, 0.2) is 5.17 Å². The van der Waals surface area contributed by atoms with E-state index in [1.807, 2.05) is 61.5 Å². The molecule has 164 valence electrons. The highest BCUT2D eigenvalue weighted by atomic mass is 32.2. The van der Waals surface area contributed by atoms with Gasteiger partial charge in [-0.05, 0) is 59.9 Å². The summed E-state index contributed by atoms with van der Waals surface area (Å²) in [4.78, 5) is 19.8. The maximum atomic E-state index is 13.4. The van der Waals surface area contributed by atoms with Crippen LogP contribution in [-0.2, 0) is 10.5 Å². The molecule has 1 heterocycles. The van der Waals surface area contributed by atoms with Crippen molar-refractivity contribution in [2.45, 2.75) is 32.4 Å². The minimum Gasteiger partial charge on any atom is -0.266 e. The molecule has 3 aromatic carbocycles. The van der Waals surface area contributed by atoms with E-state index in [1.165, 1.54) is 17.3 Å². The Kier molecular flexibility index (Phi) is 6.76. The molecule has 5 heteroatoms. The number of thioether (sulfide) groups is 1. The number of aryl methyl sites for hydroxylation is 1. The van der Waals surface area contributed by atoms with Gasteiger partial charge in [-0.15, -0.1) is 0 Å². The zero-order chi connectivity index (χ0) is 23.4. The van der Waals surface area contributed by atoms with Gasteiger partial charge < -0.3 is 0 Å². The van der Waals surface area contributed by atoms with E-state index in [0.29, 0.717) is 28.1 Å². The van der Waals surface area contributed by atoms with Gasteiger partial charge in [0.05, 0.1) is 17.3 Å². The van der Waals surface area contributed by atoms with Gasteiger partial charge in [-0.2, -0.15) is 5.26 Å². The second-order valence-electron chi connectivity index (χ2n) is 8.32. The lowest BCUT2D eigenvalue weighted by molar-refractivity contribution is -0.113. The van der Waals surface area contributed by atoms with Crippen LogP contribution >= 0.6 is 11.8 Å². The number of nitrogens with zero attached hydrogens (tertiary/aromatic N) is 3. The lowest BCUT2D eigenvalue weighted by atomic mass is 10.0. The second-order valence-corrected chi connectivity index (χ2v) is 9.26. The Morgan fingerprint density at radius 3 is 2.27 bits per heavy atom. The van der Waals surface area contributed by atoms with E-state index in [2.05, 4.69) is 32.0 Å². The molecule has 0 fully saturated rings. The van der Waals surface area contributed by atoms with E-state index in [-0.39, 0.29) is 5.91 Å². The summed E-state index contributed by atoms with van der Waals surface area (Å²) in [6, 6.07) is 25.8. The van der Waals surface area contributed by atoms with E-state index in [9.17, 15) is 4.79 Å². The summed E-state index contributed by atoms with van der Waals surface area (Å²) >= 11 is 1.51. The molecule has 0 bridgehead atoms. The highest BCUT2D eigenvalue weighted by molar-refractivity contribution is 8.13. The third-order valence-electron chi connectivity index (χ3n) is 5.48. The Bertz CT molecular complexity index is 1250. The molecule has 0 saturated carbocycles. The van der Waals surface area contributed by atoms with Crippen molar-refractivity contribution in [2.24, 2.45) is 4.99 Å². The summed E-state index contributed by atoms with van der Waals surface area (Å²) in [6.45, 7) is 6.35. The molecule has 1 aliphatic heterocycles. The summed E-state index contributed by atoms with van der Waals surface area (Å²) in [7, 11) is 0. The average Bonchev–Trinajstić information content (AvgIpc) is 3.13. The van der Waals surface area contributed by atoms with Gasteiger partial charge in [0.25, 0.3) is 5.91 Å². The Morgan fingerprint density at radius 2 is 1.67 bits per heavy atom. The number of carbonyl (C=O) groups excluding carboxylic acids is 1.